The molecule has 0 aromatic heterocycles. The summed E-state index contributed by atoms with van der Waals surface area (Å²) in [6.45, 7) is 0.729. The zero-order chi connectivity index (χ0) is 8.91. The maximum absolute atomic E-state index is 10.6. The second-order valence-corrected chi connectivity index (χ2v) is 3.57. The van der Waals surface area contributed by atoms with Gasteiger partial charge < -0.3 is 9.29 Å². The largest absolute Gasteiger partial charge is 0.385 e. The molecule has 0 aliphatic carbocycles. The Labute approximate surface area is 65.1 Å². The Bertz CT molecular complexity index is 217. The molecule has 0 heterocycles. The van der Waals surface area contributed by atoms with Crippen molar-refractivity contribution in [3.63, 3.8) is 0 Å². The van der Waals surface area contributed by atoms with Crippen LogP contribution in [0.1, 0.15) is 13.3 Å². The standard InChI is InChI=1S/C5H10O5S/c1-2-3-11(8,9)10-5(7)4-6/h6H,2-4H2,1H3. The second kappa shape index (κ2) is 4.30. The third kappa shape index (κ3) is 4.74. The van der Waals surface area contributed by atoms with Crippen LogP contribution < -0.4 is 0 Å². The first-order valence-electron chi connectivity index (χ1n) is 3.07. The summed E-state index contributed by atoms with van der Waals surface area (Å²) in [6, 6.07) is 0. The van der Waals surface area contributed by atoms with Gasteiger partial charge in [0.25, 0.3) is 0 Å². The Hall–Kier alpha value is -0.620. The molecule has 0 aliphatic rings. The van der Waals surface area contributed by atoms with E-state index >= 15 is 0 Å². The number of rotatable bonds is 4. The maximum Gasteiger partial charge on any atom is 0.347 e. The lowest BCUT2D eigenvalue weighted by molar-refractivity contribution is -0.136. The molecule has 0 spiro atoms. The van der Waals surface area contributed by atoms with Crippen LogP contribution in [0.25, 0.3) is 0 Å². The van der Waals surface area contributed by atoms with Crippen LogP contribution in [0.15, 0.2) is 0 Å². The van der Waals surface area contributed by atoms with Crippen molar-refractivity contribution in [1.82, 2.24) is 0 Å². The summed E-state index contributed by atoms with van der Waals surface area (Å²) in [5.74, 6) is -1.35. The molecule has 0 saturated carbocycles. The van der Waals surface area contributed by atoms with E-state index in [1.165, 1.54) is 0 Å². The van der Waals surface area contributed by atoms with Crippen LogP contribution in [0.4, 0.5) is 0 Å². The van der Waals surface area contributed by atoms with Gasteiger partial charge in [-0.2, -0.15) is 8.42 Å². The van der Waals surface area contributed by atoms with E-state index < -0.39 is 22.7 Å². The van der Waals surface area contributed by atoms with E-state index in [1.54, 1.807) is 6.92 Å². The number of aliphatic hydroxyl groups is 1. The highest BCUT2D eigenvalue weighted by atomic mass is 32.2. The minimum Gasteiger partial charge on any atom is -0.385 e. The van der Waals surface area contributed by atoms with Crippen LogP contribution in [0, 0.1) is 0 Å². The first-order valence-corrected chi connectivity index (χ1v) is 4.65. The molecule has 0 fully saturated rings. The average Bonchev–Trinajstić information content (AvgIpc) is 1.86. The molecule has 5 nitrogen and oxygen atoms in total. The summed E-state index contributed by atoms with van der Waals surface area (Å²) in [5.41, 5.74) is 0. The van der Waals surface area contributed by atoms with Gasteiger partial charge in [0.2, 0.25) is 0 Å². The van der Waals surface area contributed by atoms with Gasteiger partial charge in [-0.05, 0) is 6.42 Å². The van der Waals surface area contributed by atoms with Crippen molar-refractivity contribution >= 4 is 16.1 Å². The first-order chi connectivity index (χ1) is 5.02. The Morgan fingerprint density at radius 2 is 2.09 bits per heavy atom. The van der Waals surface area contributed by atoms with Crippen molar-refractivity contribution in [2.24, 2.45) is 0 Å². The molecule has 11 heavy (non-hydrogen) atoms. The SMILES string of the molecule is CCCS(=O)(=O)OC(=O)CO. The van der Waals surface area contributed by atoms with Gasteiger partial charge in [0.1, 0.15) is 6.61 Å². The molecule has 0 atom stereocenters. The molecule has 0 rings (SSSR count). The van der Waals surface area contributed by atoms with Gasteiger partial charge in [-0.3, -0.25) is 0 Å². The quantitative estimate of drug-likeness (QED) is 0.579. The van der Waals surface area contributed by atoms with E-state index in [9.17, 15) is 13.2 Å². The van der Waals surface area contributed by atoms with Crippen molar-refractivity contribution in [1.29, 1.82) is 0 Å². The highest BCUT2D eigenvalue weighted by Crippen LogP contribution is 1.95. The summed E-state index contributed by atoms with van der Waals surface area (Å²) < 4.78 is 25.2. The number of aliphatic hydroxyl groups excluding tert-OH is 1. The smallest absolute Gasteiger partial charge is 0.347 e. The molecular weight excluding hydrogens is 172 g/mol. The highest BCUT2D eigenvalue weighted by Gasteiger charge is 2.14. The molecule has 0 bridgehead atoms. The van der Waals surface area contributed by atoms with Crippen LogP contribution >= 0.6 is 0 Å². The molecule has 0 aromatic carbocycles. The zero-order valence-corrected chi connectivity index (χ0v) is 6.93. The predicted octanol–water partition coefficient (Wildman–Crippen LogP) is -0.738. The molecule has 66 valence electrons. The zero-order valence-electron chi connectivity index (χ0n) is 6.11. The van der Waals surface area contributed by atoms with Crippen molar-refractivity contribution in [2.45, 2.75) is 13.3 Å². The Kier molecular flexibility index (Phi) is 4.06. The average molecular weight is 182 g/mol. The molecule has 0 saturated heterocycles. The van der Waals surface area contributed by atoms with Crippen molar-refractivity contribution < 1.29 is 22.5 Å². The predicted molar refractivity (Wildman–Crippen MR) is 37.3 cm³/mol. The summed E-state index contributed by atoms with van der Waals surface area (Å²) in [7, 11) is -3.75. The van der Waals surface area contributed by atoms with Crippen LogP contribution in [-0.4, -0.2) is 31.9 Å². The Balaban J connectivity index is 4.03. The third-order valence-corrected chi connectivity index (χ3v) is 2.15. The second-order valence-electron chi connectivity index (χ2n) is 1.88. The van der Waals surface area contributed by atoms with E-state index in [2.05, 4.69) is 4.18 Å². The van der Waals surface area contributed by atoms with Crippen LogP contribution in [0.5, 0.6) is 0 Å². The van der Waals surface area contributed by atoms with Crippen molar-refractivity contribution in [2.75, 3.05) is 12.4 Å². The molecule has 6 heteroatoms. The van der Waals surface area contributed by atoms with Gasteiger partial charge in [0.05, 0.1) is 5.75 Å². The first kappa shape index (κ1) is 10.4. The molecule has 1 N–H and O–H groups in total. The van der Waals surface area contributed by atoms with Gasteiger partial charge in [-0.25, -0.2) is 4.79 Å². The summed E-state index contributed by atoms with van der Waals surface area (Å²) >= 11 is 0. The van der Waals surface area contributed by atoms with E-state index in [0.29, 0.717) is 6.42 Å². The topological polar surface area (TPSA) is 80.7 Å². The van der Waals surface area contributed by atoms with Gasteiger partial charge in [0.15, 0.2) is 0 Å². The number of hydrogen-bond acceptors (Lipinski definition) is 5. The van der Waals surface area contributed by atoms with E-state index in [1.807, 2.05) is 0 Å². The van der Waals surface area contributed by atoms with Crippen LogP contribution in [0.3, 0.4) is 0 Å². The maximum atomic E-state index is 10.6. The van der Waals surface area contributed by atoms with E-state index in [0.717, 1.165) is 0 Å². The molecule has 0 aliphatic heterocycles. The van der Waals surface area contributed by atoms with Crippen molar-refractivity contribution in [3.05, 3.63) is 0 Å². The Morgan fingerprint density at radius 3 is 2.45 bits per heavy atom. The Morgan fingerprint density at radius 1 is 1.55 bits per heavy atom. The molecule has 0 radical (unpaired) electrons. The number of carbonyl (C=O) groups is 1. The van der Waals surface area contributed by atoms with Crippen LogP contribution in [0.2, 0.25) is 0 Å². The van der Waals surface area contributed by atoms with E-state index in [-0.39, 0.29) is 5.75 Å². The normalized spacial score (nSPS) is 11.1. The fraction of sp³-hybridized carbons (Fsp3) is 0.800. The number of hydrogen-bond donors (Lipinski definition) is 1. The fourth-order valence-electron chi connectivity index (χ4n) is 0.460. The highest BCUT2D eigenvalue weighted by molar-refractivity contribution is 7.87. The summed E-state index contributed by atoms with van der Waals surface area (Å²) in [6.07, 6.45) is 0.376. The lowest BCUT2D eigenvalue weighted by atomic mass is 10.6. The molecule has 0 aromatic rings. The number of carbonyl (C=O) groups excluding carboxylic acids is 1. The molecule has 0 unspecified atom stereocenters. The summed E-state index contributed by atoms with van der Waals surface area (Å²) in [5, 5.41) is 8.13. The molecule has 0 amide bonds. The van der Waals surface area contributed by atoms with Gasteiger partial charge in [-0.15, -0.1) is 0 Å². The monoisotopic (exact) mass is 182 g/mol. The van der Waals surface area contributed by atoms with Gasteiger partial charge in [-0.1, -0.05) is 6.92 Å². The lowest BCUT2D eigenvalue weighted by Crippen LogP contribution is -2.18. The summed E-state index contributed by atoms with van der Waals surface area (Å²) in [4.78, 5) is 10.3. The molecular formula is C5H10O5S. The van der Waals surface area contributed by atoms with Gasteiger partial charge in [0, 0.05) is 0 Å². The van der Waals surface area contributed by atoms with E-state index in [4.69, 9.17) is 5.11 Å². The third-order valence-electron chi connectivity index (χ3n) is 0.803. The minimum atomic E-state index is -3.75. The van der Waals surface area contributed by atoms with Crippen molar-refractivity contribution in [3.8, 4) is 0 Å². The minimum absolute atomic E-state index is 0.210. The fourth-order valence-corrected chi connectivity index (χ4v) is 1.38. The lowest BCUT2D eigenvalue weighted by Gasteiger charge is -2.00. The van der Waals surface area contributed by atoms with Gasteiger partial charge >= 0.3 is 16.1 Å². The van der Waals surface area contributed by atoms with Crippen LogP contribution in [-0.2, 0) is 19.1 Å².